The first-order valence-corrected chi connectivity index (χ1v) is 6.28. The van der Waals surface area contributed by atoms with Crippen LogP contribution in [0.2, 0.25) is 0 Å². The number of aliphatic imine (C=N–C) groups is 1. The molecule has 3 nitrogen and oxygen atoms in total. The van der Waals surface area contributed by atoms with Gasteiger partial charge in [-0.1, -0.05) is 36.4 Å². The zero-order chi connectivity index (χ0) is 13.9. The Morgan fingerprint density at radius 3 is 2.20 bits per heavy atom. The fourth-order valence-electron chi connectivity index (χ4n) is 2.12. The molecule has 20 heavy (non-hydrogen) atoms. The second-order valence-electron chi connectivity index (χ2n) is 4.47. The van der Waals surface area contributed by atoms with Gasteiger partial charge in [0.25, 0.3) is 0 Å². The summed E-state index contributed by atoms with van der Waals surface area (Å²) in [5.74, 6) is 0.432. The molecule has 98 valence electrons. The molecule has 0 bridgehead atoms. The van der Waals surface area contributed by atoms with E-state index in [0.29, 0.717) is 5.56 Å². The summed E-state index contributed by atoms with van der Waals surface area (Å²) in [5, 5.41) is 21.2. The molecule has 0 amide bonds. The van der Waals surface area contributed by atoms with Crippen molar-refractivity contribution in [2.24, 2.45) is 4.99 Å². The van der Waals surface area contributed by atoms with E-state index < -0.39 is 0 Å². The van der Waals surface area contributed by atoms with Gasteiger partial charge in [-0.2, -0.15) is 0 Å². The lowest BCUT2D eigenvalue weighted by atomic mass is 10.1. The predicted molar refractivity (Wildman–Crippen MR) is 81.0 cm³/mol. The molecule has 3 rings (SSSR count). The second kappa shape index (κ2) is 5.05. The van der Waals surface area contributed by atoms with Crippen molar-refractivity contribution in [1.82, 2.24) is 0 Å². The molecular formula is C17H13NO2. The minimum atomic E-state index is 0.194. The summed E-state index contributed by atoms with van der Waals surface area (Å²) in [6.07, 6.45) is 1.62. The molecule has 3 aromatic rings. The molecule has 0 saturated carbocycles. The molecule has 0 spiro atoms. The molecule has 0 heterocycles. The fourth-order valence-corrected chi connectivity index (χ4v) is 2.12. The highest BCUT2D eigenvalue weighted by Gasteiger charge is 2.03. The van der Waals surface area contributed by atoms with Crippen LogP contribution in [0.25, 0.3) is 10.8 Å². The first kappa shape index (κ1) is 12.2. The van der Waals surface area contributed by atoms with Gasteiger partial charge in [-0.05, 0) is 24.3 Å². The third-order valence-electron chi connectivity index (χ3n) is 3.16. The van der Waals surface area contributed by atoms with Crippen molar-refractivity contribution in [3.8, 4) is 11.5 Å². The van der Waals surface area contributed by atoms with E-state index in [1.54, 1.807) is 36.5 Å². The van der Waals surface area contributed by atoms with Gasteiger partial charge in [0, 0.05) is 22.6 Å². The van der Waals surface area contributed by atoms with Crippen molar-refractivity contribution in [3.05, 3.63) is 66.2 Å². The molecule has 0 atom stereocenters. The fraction of sp³-hybridized carbons (Fsp3) is 0. The largest absolute Gasteiger partial charge is 0.507 e. The van der Waals surface area contributed by atoms with E-state index in [2.05, 4.69) is 4.99 Å². The summed E-state index contributed by atoms with van der Waals surface area (Å²) in [5.41, 5.74) is 1.41. The predicted octanol–water partition coefficient (Wildman–Crippen LogP) is 4.00. The van der Waals surface area contributed by atoms with E-state index in [9.17, 15) is 10.2 Å². The smallest absolute Gasteiger partial charge is 0.124 e. The Bertz CT molecular complexity index is 794. The average molecular weight is 263 g/mol. The monoisotopic (exact) mass is 263 g/mol. The van der Waals surface area contributed by atoms with E-state index in [4.69, 9.17) is 0 Å². The van der Waals surface area contributed by atoms with Crippen LogP contribution >= 0.6 is 0 Å². The molecule has 3 aromatic carbocycles. The molecule has 2 N–H and O–H groups in total. The second-order valence-corrected chi connectivity index (χ2v) is 4.47. The average Bonchev–Trinajstić information content (AvgIpc) is 2.48. The lowest BCUT2D eigenvalue weighted by molar-refractivity contribution is 0.474. The number of phenols is 2. The number of nitrogens with zero attached hydrogens (tertiary/aromatic N) is 1. The van der Waals surface area contributed by atoms with Crippen LogP contribution in [0, 0.1) is 0 Å². The van der Waals surface area contributed by atoms with Crippen LogP contribution in [0.1, 0.15) is 5.56 Å². The first-order valence-electron chi connectivity index (χ1n) is 6.28. The summed E-state index contributed by atoms with van der Waals surface area (Å²) < 4.78 is 0. The number of fused-ring (bicyclic) bond motifs is 1. The van der Waals surface area contributed by atoms with E-state index in [1.165, 1.54) is 0 Å². The van der Waals surface area contributed by atoms with Gasteiger partial charge in [-0.3, -0.25) is 4.99 Å². The van der Waals surface area contributed by atoms with Crippen LogP contribution in [-0.2, 0) is 0 Å². The van der Waals surface area contributed by atoms with Crippen molar-refractivity contribution >= 4 is 22.7 Å². The number of benzene rings is 3. The Balaban J connectivity index is 2.08. The minimum absolute atomic E-state index is 0.194. The maximum absolute atomic E-state index is 9.83. The van der Waals surface area contributed by atoms with Crippen LogP contribution in [0.3, 0.4) is 0 Å². The molecular weight excluding hydrogens is 250 g/mol. The van der Waals surface area contributed by atoms with Gasteiger partial charge in [-0.15, -0.1) is 0 Å². The van der Waals surface area contributed by atoms with E-state index in [1.807, 2.05) is 30.3 Å². The highest BCUT2D eigenvalue weighted by atomic mass is 16.3. The summed E-state index contributed by atoms with van der Waals surface area (Å²) >= 11 is 0. The number of phenolic OH excluding ortho intramolecular Hbond substituents is 2. The van der Waals surface area contributed by atoms with Crippen LogP contribution < -0.4 is 0 Å². The Morgan fingerprint density at radius 2 is 1.40 bits per heavy atom. The lowest BCUT2D eigenvalue weighted by Crippen LogP contribution is -1.81. The molecule has 0 saturated heterocycles. The number of rotatable bonds is 2. The highest BCUT2D eigenvalue weighted by Crippen LogP contribution is 2.32. The van der Waals surface area contributed by atoms with Crippen LogP contribution in [0.5, 0.6) is 11.5 Å². The van der Waals surface area contributed by atoms with E-state index >= 15 is 0 Å². The van der Waals surface area contributed by atoms with Crippen molar-refractivity contribution < 1.29 is 10.2 Å². The molecule has 0 aliphatic heterocycles. The Morgan fingerprint density at radius 1 is 0.700 bits per heavy atom. The quantitative estimate of drug-likeness (QED) is 0.686. The van der Waals surface area contributed by atoms with Crippen molar-refractivity contribution in [2.75, 3.05) is 0 Å². The Labute approximate surface area is 116 Å². The Kier molecular flexibility index (Phi) is 3.09. The summed E-state index contributed by atoms with van der Waals surface area (Å²) in [6, 6.07) is 17.9. The number of hydrogen-bond acceptors (Lipinski definition) is 3. The van der Waals surface area contributed by atoms with Crippen LogP contribution in [0.4, 0.5) is 5.69 Å². The molecule has 0 fully saturated rings. The van der Waals surface area contributed by atoms with Gasteiger partial charge < -0.3 is 10.2 Å². The third kappa shape index (κ3) is 2.21. The minimum Gasteiger partial charge on any atom is -0.507 e. The van der Waals surface area contributed by atoms with Crippen LogP contribution in [0.15, 0.2) is 65.7 Å². The summed E-state index contributed by atoms with van der Waals surface area (Å²) in [4.78, 5) is 4.41. The summed E-state index contributed by atoms with van der Waals surface area (Å²) in [6.45, 7) is 0. The summed E-state index contributed by atoms with van der Waals surface area (Å²) in [7, 11) is 0. The topological polar surface area (TPSA) is 52.8 Å². The molecule has 0 aromatic heterocycles. The van der Waals surface area contributed by atoms with E-state index in [0.717, 1.165) is 16.5 Å². The standard InChI is InChI=1S/C17H13NO2/c19-16-8-4-1-5-12(16)11-18-15-9-10-17(20)14-7-3-2-6-13(14)15/h1-11,19-20H. The zero-order valence-corrected chi connectivity index (χ0v) is 10.7. The van der Waals surface area contributed by atoms with Gasteiger partial charge in [0.05, 0.1) is 5.69 Å². The SMILES string of the molecule is Oc1ccccc1C=Nc1ccc(O)c2ccccc12. The molecule has 0 unspecified atom stereocenters. The maximum atomic E-state index is 9.83. The normalized spacial score (nSPS) is 11.2. The van der Waals surface area contributed by atoms with Gasteiger partial charge in [-0.25, -0.2) is 0 Å². The van der Waals surface area contributed by atoms with Gasteiger partial charge in [0.15, 0.2) is 0 Å². The zero-order valence-electron chi connectivity index (χ0n) is 10.7. The van der Waals surface area contributed by atoms with Crippen molar-refractivity contribution in [2.45, 2.75) is 0 Å². The first-order chi connectivity index (χ1) is 9.75. The lowest BCUT2D eigenvalue weighted by Gasteiger charge is -2.04. The van der Waals surface area contributed by atoms with Crippen molar-refractivity contribution in [3.63, 3.8) is 0 Å². The molecule has 0 radical (unpaired) electrons. The van der Waals surface area contributed by atoms with E-state index in [-0.39, 0.29) is 11.5 Å². The van der Waals surface area contributed by atoms with Gasteiger partial charge in [0.1, 0.15) is 11.5 Å². The van der Waals surface area contributed by atoms with Crippen molar-refractivity contribution in [1.29, 1.82) is 0 Å². The molecule has 0 aliphatic carbocycles. The van der Waals surface area contributed by atoms with Gasteiger partial charge >= 0.3 is 0 Å². The van der Waals surface area contributed by atoms with Crippen LogP contribution in [-0.4, -0.2) is 16.4 Å². The molecule has 3 heteroatoms. The maximum Gasteiger partial charge on any atom is 0.124 e. The third-order valence-corrected chi connectivity index (χ3v) is 3.16. The number of para-hydroxylation sites is 1. The van der Waals surface area contributed by atoms with Gasteiger partial charge in [0.2, 0.25) is 0 Å². The molecule has 0 aliphatic rings. The number of hydrogen-bond donors (Lipinski definition) is 2. The highest BCUT2D eigenvalue weighted by molar-refractivity contribution is 5.98. The Hall–Kier alpha value is -2.81. The number of aromatic hydroxyl groups is 2.